The van der Waals surface area contributed by atoms with E-state index in [0.29, 0.717) is 0 Å². The van der Waals surface area contributed by atoms with E-state index in [-0.39, 0.29) is 12.6 Å². The summed E-state index contributed by atoms with van der Waals surface area (Å²) in [6.45, 7) is 0.223. The molecular formula is C12H20N2O2. The normalized spacial score (nSPS) is 14.9. The van der Waals surface area contributed by atoms with Crippen molar-refractivity contribution in [3.63, 3.8) is 0 Å². The summed E-state index contributed by atoms with van der Waals surface area (Å²) in [6, 6.07) is 7.51. The number of ether oxygens (including phenoxy) is 1. The maximum absolute atomic E-state index is 9.94. The van der Waals surface area contributed by atoms with Gasteiger partial charge in [0.05, 0.1) is 19.3 Å². The van der Waals surface area contributed by atoms with E-state index in [1.54, 1.807) is 7.11 Å². The van der Waals surface area contributed by atoms with Crippen LogP contribution in [-0.2, 0) is 0 Å². The molecule has 1 rings (SSSR count). The first-order valence-corrected chi connectivity index (χ1v) is 5.29. The fraction of sp³-hybridized carbons (Fsp3) is 0.500. The van der Waals surface area contributed by atoms with E-state index in [0.717, 1.165) is 11.3 Å². The molecule has 16 heavy (non-hydrogen) atoms. The van der Waals surface area contributed by atoms with E-state index in [9.17, 15) is 5.11 Å². The molecule has 4 heteroatoms. The van der Waals surface area contributed by atoms with E-state index >= 15 is 0 Å². The fourth-order valence-electron chi connectivity index (χ4n) is 1.87. The van der Waals surface area contributed by atoms with E-state index < -0.39 is 6.10 Å². The zero-order chi connectivity index (χ0) is 12.1. The fourth-order valence-corrected chi connectivity index (χ4v) is 1.87. The molecule has 0 fully saturated rings. The Morgan fingerprint density at radius 3 is 2.50 bits per heavy atom. The quantitative estimate of drug-likeness (QED) is 0.769. The molecule has 1 aromatic rings. The Labute approximate surface area is 96.6 Å². The van der Waals surface area contributed by atoms with Crippen LogP contribution in [0.25, 0.3) is 0 Å². The topological polar surface area (TPSA) is 58.7 Å². The lowest BCUT2D eigenvalue weighted by Gasteiger charge is -2.29. The molecule has 0 saturated heterocycles. The largest absolute Gasteiger partial charge is 0.496 e. The van der Waals surface area contributed by atoms with Crippen molar-refractivity contribution >= 4 is 0 Å². The van der Waals surface area contributed by atoms with Crippen LogP contribution in [-0.4, -0.2) is 43.9 Å². The van der Waals surface area contributed by atoms with Crippen LogP contribution in [0.4, 0.5) is 0 Å². The van der Waals surface area contributed by atoms with Crippen molar-refractivity contribution in [2.75, 3.05) is 27.7 Å². The number of para-hydroxylation sites is 1. The van der Waals surface area contributed by atoms with Crippen LogP contribution in [0, 0.1) is 0 Å². The van der Waals surface area contributed by atoms with Crippen LogP contribution in [0.1, 0.15) is 11.6 Å². The van der Waals surface area contributed by atoms with Crippen LogP contribution >= 0.6 is 0 Å². The smallest absolute Gasteiger partial charge is 0.123 e. The molecule has 4 nitrogen and oxygen atoms in total. The molecule has 2 unspecified atom stereocenters. The van der Waals surface area contributed by atoms with E-state index in [4.69, 9.17) is 10.5 Å². The minimum atomic E-state index is -0.605. The summed E-state index contributed by atoms with van der Waals surface area (Å²) in [5.41, 5.74) is 6.47. The summed E-state index contributed by atoms with van der Waals surface area (Å²) < 4.78 is 5.29. The second kappa shape index (κ2) is 5.84. The van der Waals surface area contributed by atoms with Crippen molar-refractivity contribution in [1.29, 1.82) is 0 Å². The molecule has 0 aliphatic rings. The van der Waals surface area contributed by atoms with Gasteiger partial charge in [-0.3, -0.25) is 4.90 Å². The van der Waals surface area contributed by atoms with Gasteiger partial charge in [-0.15, -0.1) is 0 Å². The van der Waals surface area contributed by atoms with E-state index in [1.165, 1.54) is 0 Å². The minimum absolute atomic E-state index is 0.152. The summed E-state index contributed by atoms with van der Waals surface area (Å²) >= 11 is 0. The standard InChI is InChI=1S/C12H20N2O2/c1-14(2)12(10(15)8-13)9-6-4-5-7-11(9)16-3/h4-7,10,12,15H,8,13H2,1-3H3. The van der Waals surface area contributed by atoms with Crippen LogP contribution in [0.3, 0.4) is 0 Å². The molecule has 2 atom stereocenters. The number of aliphatic hydroxyl groups excluding tert-OH is 1. The van der Waals surface area contributed by atoms with Gasteiger partial charge in [-0.1, -0.05) is 18.2 Å². The van der Waals surface area contributed by atoms with Gasteiger partial charge in [0, 0.05) is 12.1 Å². The van der Waals surface area contributed by atoms with Gasteiger partial charge in [-0.05, 0) is 20.2 Å². The van der Waals surface area contributed by atoms with Gasteiger partial charge in [0.25, 0.3) is 0 Å². The van der Waals surface area contributed by atoms with Gasteiger partial charge in [0.2, 0.25) is 0 Å². The first-order valence-electron chi connectivity index (χ1n) is 5.29. The maximum Gasteiger partial charge on any atom is 0.123 e. The SMILES string of the molecule is COc1ccccc1C(C(O)CN)N(C)C. The van der Waals surface area contributed by atoms with Gasteiger partial charge >= 0.3 is 0 Å². The molecule has 0 aromatic heterocycles. The van der Waals surface area contributed by atoms with Gasteiger partial charge < -0.3 is 15.6 Å². The number of nitrogens with two attached hydrogens (primary N) is 1. The zero-order valence-corrected chi connectivity index (χ0v) is 10.1. The molecule has 0 saturated carbocycles. The molecule has 0 radical (unpaired) electrons. The monoisotopic (exact) mass is 224 g/mol. The highest BCUT2D eigenvalue weighted by Gasteiger charge is 2.24. The highest BCUT2D eigenvalue weighted by Crippen LogP contribution is 2.29. The van der Waals surface area contributed by atoms with E-state index in [1.807, 2.05) is 43.3 Å². The van der Waals surface area contributed by atoms with Crippen LogP contribution in [0.15, 0.2) is 24.3 Å². The van der Waals surface area contributed by atoms with Crippen molar-refractivity contribution < 1.29 is 9.84 Å². The lowest BCUT2D eigenvalue weighted by Crippen LogP contribution is -2.36. The number of aliphatic hydroxyl groups is 1. The summed E-state index contributed by atoms with van der Waals surface area (Å²) in [7, 11) is 5.45. The highest BCUT2D eigenvalue weighted by atomic mass is 16.5. The maximum atomic E-state index is 9.94. The molecule has 0 aliphatic heterocycles. The second-order valence-corrected chi connectivity index (χ2v) is 3.95. The molecule has 0 spiro atoms. The van der Waals surface area contributed by atoms with Crippen LogP contribution in [0.5, 0.6) is 5.75 Å². The zero-order valence-electron chi connectivity index (χ0n) is 10.1. The number of rotatable bonds is 5. The highest BCUT2D eigenvalue weighted by molar-refractivity contribution is 5.36. The lowest BCUT2D eigenvalue weighted by molar-refractivity contribution is 0.0808. The Balaban J connectivity index is 3.10. The van der Waals surface area contributed by atoms with Gasteiger partial charge in [-0.25, -0.2) is 0 Å². The molecule has 3 N–H and O–H groups in total. The van der Waals surface area contributed by atoms with Crippen molar-refractivity contribution in [3.05, 3.63) is 29.8 Å². The Morgan fingerprint density at radius 2 is 2.00 bits per heavy atom. The van der Waals surface area contributed by atoms with Crippen molar-refractivity contribution in [2.45, 2.75) is 12.1 Å². The summed E-state index contributed by atoms with van der Waals surface area (Å²) in [5.74, 6) is 0.772. The van der Waals surface area contributed by atoms with Crippen molar-refractivity contribution in [2.24, 2.45) is 5.73 Å². The summed E-state index contributed by atoms with van der Waals surface area (Å²) in [6.07, 6.45) is -0.605. The third-order valence-electron chi connectivity index (χ3n) is 2.62. The lowest BCUT2D eigenvalue weighted by atomic mass is 9.99. The molecule has 0 heterocycles. The van der Waals surface area contributed by atoms with Crippen molar-refractivity contribution in [1.82, 2.24) is 4.90 Å². The average Bonchev–Trinajstić information content (AvgIpc) is 2.29. The van der Waals surface area contributed by atoms with Crippen molar-refractivity contribution in [3.8, 4) is 5.75 Å². The Hall–Kier alpha value is -1.10. The van der Waals surface area contributed by atoms with Gasteiger partial charge in [0.1, 0.15) is 5.75 Å². The third kappa shape index (κ3) is 2.72. The second-order valence-electron chi connectivity index (χ2n) is 3.95. The number of methoxy groups -OCH3 is 1. The third-order valence-corrected chi connectivity index (χ3v) is 2.62. The minimum Gasteiger partial charge on any atom is -0.496 e. The Kier molecular flexibility index (Phi) is 4.73. The Morgan fingerprint density at radius 1 is 1.38 bits per heavy atom. The number of nitrogens with zero attached hydrogens (tertiary/aromatic N) is 1. The first-order chi connectivity index (χ1) is 7.61. The molecule has 0 amide bonds. The molecule has 1 aromatic carbocycles. The van der Waals surface area contributed by atoms with Crippen LogP contribution < -0.4 is 10.5 Å². The molecule has 0 aliphatic carbocycles. The molecule has 90 valence electrons. The molecular weight excluding hydrogens is 204 g/mol. The van der Waals surface area contributed by atoms with E-state index in [2.05, 4.69) is 0 Å². The number of likely N-dealkylation sites (N-methyl/N-ethyl adjacent to an activating group) is 1. The predicted octanol–water partition coefficient (Wildman–Crippen LogP) is 0.618. The number of hydrogen-bond acceptors (Lipinski definition) is 4. The first kappa shape index (κ1) is 13.0. The Bertz CT molecular complexity index is 329. The van der Waals surface area contributed by atoms with Crippen LogP contribution in [0.2, 0.25) is 0 Å². The summed E-state index contributed by atoms with van der Waals surface area (Å²) in [5, 5.41) is 9.94. The van der Waals surface area contributed by atoms with Gasteiger partial charge in [-0.2, -0.15) is 0 Å². The molecule has 0 bridgehead atoms. The average molecular weight is 224 g/mol. The van der Waals surface area contributed by atoms with Gasteiger partial charge in [0.15, 0.2) is 0 Å². The summed E-state index contributed by atoms with van der Waals surface area (Å²) in [4.78, 5) is 1.94. The number of hydrogen-bond donors (Lipinski definition) is 2. The number of benzene rings is 1. The predicted molar refractivity (Wildman–Crippen MR) is 64.5 cm³/mol.